The molecule has 1 aromatic rings. The predicted octanol–water partition coefficient (Wildman–Crippen LogP) is 3.29. The fourth-order valence-corrected chi connectivity index (χ4v) is 2.19. The number of rotatable bonds is 7. The summed E-state index contributed by atoms with van der Waals surface area (Å²) in [5.41, 5.74) is 0.523. The molecule has 0 fully saturated rings. The molecule has 1 aromatic carbocycles. The Morgan fingerprint density at radius 2 is 1.67 bits per heavy atom. The third-order valence-electron chi connectivity index (χ3n) is 2.45. The molecule has 0 bridgehead atoms. The van der Waals surface area contributed by atoms with Crippen molar-refractivity contribution in [3.8, 4) is 0 Å². The number of ether oxygens (including phenoxy) is 2. The van der Waals surface area contributed by atoms with Crippen LogP contribution in [0.2, 0.25) is 10.0 Å². The molecule has 21 heavy (non-hydrogen) atoms. The number of hydrogen-bond acceptors (Lipinski definition) is 5. The average Bonchev–Trinajstić information content (AvgIpc) is 2.37. The van der Waals surface area contributed by atoms with Crippen LogP contribution in [0.1, 0.15) is 20.3 Å². The lowest BCUT2D eigenvalue weighted by atomic mass is 10.2. The number of hydrogen-bond donors (Lipinski definition) is 1. The molecule has 0 unspecified atom stereocenters. The number of carbonyl (C=O) groups is 2. The molecule has 0 aliphatic heterocycles. The smallest absolute Gasteiger partial charge is 0.329 e. The molecule has 0 radical (unpaired) electrons. The van der Waals surface area contributed by atoms with Crippen molar-refractivity contribution in [3.63, 3.8) is 0 Å². The average molecular weight is 334 g/mol. The van der Waals surface area contributed by atoms with Crippen LogP contribution in [0.4, 0.5) is 5.69 Å². The van der Waals surface area contributed by atoms with E-state index < -0.39 is 18.0 Å². The highest BCUT2D eigenvalue weighted by Gasteiger charge is 2.24. The van der Waals surface area contributed by atoms with Crippen LogP contribution < -0.4 is 5.32 Å². The van der Waals surface area contributed by atoms with Crippen LogP contribution >= 0.6 is 23.2 Å². The summed E-state index contributed by atoms with van der Waals surface area (Å²) in [7, 11) is 0. The van der Waals surface area contributed by atoms with Crippen molar-refractivity contribution in [2.75, 3.05) is 18.5 Å². The van der Waals surface area contributed by atoms with E-state index in [2.05, 4.69) is 5.32 Å². The molecule has 7 heteroatoms. The molecule has 0 aromatic heterocycles. The molecule has 0 aliphatic rings. The van der Waals surface area contributed by atoms with E-state index in [1.807, 2.05) is 0 Å². The fraction of sp³-hybridized carbons (Fsp3) is 0.429. The van der Waals surface area contributed by atoms with Gasteiger partial charge < -0.3 is 14.8 Å². The van der Waals surface area contributed by atoms with E-state index in [0.29, 0.717) is 15.7 Å². The maximum atomic E-state index is 11.9. The minimum atomic E-state index is -0.862. The molecule has 1 N–H and O–H groups in total. The maximum Gasteiger partial charge on any atom is 0.329 e. The van der Waals surface area contributed by atoms with Gasteiger partial charge >= 0.3 is 11.9 Å². The normalized spacial score (nSPS) is 11.6. The summed E-state index contributed by atoms with van der Waals surface area (Å²) >= 11 is 11.8. The van der Waals surface area contributed by atoms with Gasteiger partial charge in [-0.3, -0.25) is 4.79 Å². The number of halogens is 2. The lowest BCUT2D eigenvalue weighted by molar-refractivity contribution is -0.150. The second-order valence-corrected chi connectivity index (χ2v) is 4.99. The van der Waals surface area contributed by atoms with Gasteiger partial charge in [0.15, 0.2) is 0 Å². The highest BCUT2D eigenvalue weighted by atomic mass is 35.5. The quantitative estimate of drug-likeness (QED) is 0.775. The van der Waals surface area contributed by atoms with Gasteiger partial charge in [0, 0.05) is 15.7 Å². The molecule has 1 atom stereocenters. The molecule has 0 heterocycles. The Hall–Kier alpha value is -1.46. The first kappa shape index (κ1) is 17.6. The molecule has 0 saturated heterocycles. The molecular formula is C14H17Cl2NO4. The Morgan fingerprint density at radius 1 is 1.10 bits per heavy atom. The molecule has 5 nitrogen and oxygen atoms in total. The van der Waals surface area contributed by atoms with Crippen LogP contribution in [-0.2, 0) is 19.1 Å². The minimum Gasteiger partial charge on any atom is -0.466 e. The summed E-state index contributed by atoms with van der Waals surface area (Å²) in [6.07, 6.45) is -0.142. The lowest BCUT2D eigenvalue weighted by Gasteiger charge is -2.18. The van der Waals surface area contributed by atoms with Crippen molar-refractivity contribution in [2.24, 2.45) is 0 Å². The molecule has 0 aliphatic carbocycles. The van der Waals surface area contributed by atoms with Crippen LogP contribution in [0.25, 0.3) is 0 Å². The third-order valence-corrected chi connectivity index (χ3v) is 2.89. The topological polar surface area (TPSA) is 64.6 Å². The summed E-state index contributed by atoms with van der Waals surface area (Å²) in [5.74, 6) is -1.03. The number of benzene rings is 1. The van der Waals surface area contributed by atoms with Gasteiger partial charge in [0.1, 0.15) is 6.04 Å². The Morgan fingerprint density at radius 3 is 2.19 bits per heavy atom. The van der Waals surface area contributed by atoms with Crippen molar-refractivity contribution in [3.05, 3.63) is 28.2 Å². The van der Waals surface area contributed by atoms with E-state index in [-0.39, 0.29) is 19.6 Å². The van der Waals surface area contributed by atoms with E-state index in [9.17, 15) is 9.59 Å². The third kappa shape index (κ3) is 6.23. The van der Waals surface area contributed by atoms with Crippen molar-refractivity contribution in [1.82, 2.24) is 0 Å². The second-order valence-electron chi connectivity index (χ2n) is 4.12. The van der Waals surface area contributed by atoms with Crippen molar-refractivity contribution >= 4 is 40.8 Å². The van der Waals surface area contributed by atoms with Crippen LogP contribution in [0, 0.1) is 0 Å². The van der Waals surface area contributed by atoms with Gasteiger partial charge in [-0.15, -0.1) is 0 Å². The Kier molecular flexibility index (Phi) is 7.32. The summed E-state index contributed by atoms with van der Waals surface area (Å²) < 4.78 is 9.79. The molecule has 116 valence electrons. The standard InChI is InChI=1S/C14H17Cl2NO4/c1-3-20-13(18)8-12(14(19)21-4-2)17-11-6-9(15)5-10(16)7-11/h5-7,12,17H,3-4,8H2,1-2H3/t12-/m0/s1. The molecular weight excluding hydrogens is 317 g/mol. The van der Waals surface area contributed by atoms with Gasteiger partial charge in [0.2, 0.25) is 0 Å². The maximum absolute atomic E-state index is 11.9. The zero-order valence-electron chi connectivity index (χ0n) is 11.8. The van der Waals surface area contributed by atoms with Crippen LogP contribution in [0.3, 0.4) is 0 Å². The first-order valence-corrected chi connectivity index (χ1v) is 7.26. The fourth-order valence-electron chi connectivity index (χ4n) is 1.66. The largest absolute Gasteiger partial charge is 0.466 e. The van der Waals surface area contributed by atoms with Gasteiger partial charge in [-0.05, 0) is 32.0 Å². The zero-order chi connectivity index (χ0) is 15.8. The number of anilines is 1. The Balaban J connectivity index is 2.85. The summed E-state index contributed by atoms with van der Waals surface area (Å²) in [6, 6.07) is 3.91. The Labute approximate surface area is 133 Å². The minimum absolute atomic E-state index is 0.142. The van der Waals surface area contributed by atoms with Crippen LogP contribution in [0.15, 0.2) is 18.2 Å². The van der Waals surface area contributed by atoms with Crippen LogP contribution in [0.5, 0.6) is 0 Å². The van der Waals surface area contributed by atoms with Crippen molar-refractivity contribution in [1.29, 1.82) is 0 Å². The van der Waals surface area contributed by atoms with E-state index in [0.717, 1.165) is 0 Å². The SMILES string of the molecule is CCOC(=O)C[C@H](Nc1cc(Cl)cc(Cl)c1)C(=O)OCC. The van der Waals surface area contributed by atoms with E-state index in [4.69, 9.17) is 32.7 Å². The zero-order valence-corrected chi connectivity index (χ0v) is 13.3. The number of carbonyl (C=O) groups excluding carboxylic acids is 2. The van der Waals surface area contributed by atoms with Gasteiger partial charge in [-0.25, -0.2) is 4.79 Å². The summed E-state index contributed by atoms with van der Waals surface area (Å²) in [5, 5.41) is 3.73. The van der Waals surface area contributed by atoms with E-state index in [1.54, 1.807) is 32.0 Å². The van der Waals surface area contributed by atoms with Gasteiger partial charge in [-0.1, -0.05) is 23.2 Å². The van der Waals surface area contributed by atoms with Gasteiger partial charge in [-0.2, -0.15) is 0 Å². The molecule has 1 rings (SSSR count). The lowest BCUT2D eigenvalue weighted by Crippen LogP contribution is -2.34. The van der Waals surface area contributed by atoms with Gasteiger partial charge in [0.25, 0.3) is 0 Å². The van der Waals surface area contributed by atoms with Crippen LogP contribution in [-0.4, -0.2) is 31.2 Å². The van der Waals surface area contributed by atoms with Gasteiger partial charge in [0.05, 0.1) is 19.6 Å². The highest BCUT2D eigenvalue weighted by Crippen LogP contribution is 2.23. The number of nitrogens with one attached hydrogen (secondary N) is 1. The summed E-state index contributed by atoms with van der Waals surface area (Å²) in [6.45, 7) is 3.85. The second kappa shape index (κ2) is 8.74. The molecule has 0 amide bonds. The first-order valence-electron chi connectivity index (χ1n) is 6.51. The number of esters is 2. The van der Waals surface area contributed by atoms with Crippen molar-refractivity contribution in [2.45, 2.75) is 26.3 Å². The van der Waals surface area contributed by atoms with E-state index in [1.165, 1.54) is 0 Å². The highest BCUT2D eigenvalue weighted by molar-refractivity contribution is 6.35. The monoisotopic (exact) mass is 333 g/mol. The van der Waals surface area contributed by atoms with Crippen molar-refractivity contribution < 1.29 is 19.1 Å². The molecule has 0 spiro atoms. The predicted molar refractivity (Wildman–Crippen MR) is 81.8 cm³/mol. The molecule has 0 saturated carbocycles. The van der Waals surface area contributed by atoms with E-state index >= 15 is 0 Å². The Bertz CT molecular complexity index is 487. The first-order chi connectivity index (χ1) is 9.96. The summed E-state index contributed by atoms with van der Waals surface area (Å²) in [4.78, 5) is 23.5.